The highest BCUT2D eigenvalue weighted by molar-refractivity contribution is 6.26. The Balaban J connectivity index is 0.902. The van der Waals surface area contributed by atoms with E-state index in [1.807, 2.05) is 0 Å². The highest BCUT2D eigenvalue weighted by Gasteiger charge is 2.25. The van der Waals surface area contributed by atoms with Crippen LogP contribution in [0.4, 0.5) is 0 Å². The number of fused-ring (bicyclic) bond motifs is 6. The van der Waals surface area contributed by atoms with Gasteiger partial charge in [-0.15, -0.1) is 0 Å². The lowest BCUT2D eigenvalue weighted by Crippen LogP contribution is -1.93. The molecule has 77 heavy (non-hydrogen) atoms. The third-order valence-electron chi connectivity index (χ3n) is 15.9. The molecular formula is C76H48O. The van der Waals surface area contributed by atoms with Crippen LogP contribution in [-0.4, -0.2) is 0 Å². The molecule has 0 fully saturated rings. The zero-order valence-corrected chi connectivity index (χ0v) is 42.1. The normalized spacial score (nSPS) is 11.6. The van der Waals surface area contributed by atoms with Gasteiger partial charge in [-0.1, -0.05) is 273 Å². The Morgan fingerprint density at radius 2 is 0.571 bits per heavy atom. The number of hydrogen-bond acceptors (Lipinski definition) is 1. The van der Waals surface area contributed by atoms with Crippen LogP contribution in [0.1, 0.15) is 0 Å². The molecule has 0 radical (unpaired) electrons. The smallest absolute Gasteiger partial charge is 0.143 e. The first-order chi connectivity index (χ1) is 38.2. The van der Waals surface area contributed by atoms with E-state index < -0.39 is 0 Å². The molecular weight excluding hydrogens is 929 g/mol. The lowest BCUT2D eigenvalue weighted by Gasteiger charge is -2.20. The molecule has 0 saturated carbocycles. The van der Waals surface area contributed by atoms with Crippen molar-refractivity contribution in [2.75, 3.05) is 0 Å². The van der Waals surface area contributed by atoms with Crippen molar-refractivity contribution >= 4 is 64.8 Å². The van der Waals surface area contributed by atoms with Gasteiger partial charge in [0.1, 0.15) is 11.3 Å². The second kappa shape index (κ2) is 18.4. The van der Waals surface area contributed by atoms with Crippen molar-refractivity contribution in [1.82, 2.24) is 0 Å². The van der Waals surface area contributed by atoms with Gasteiger partial charge in [-0.05, 0) is 139 Å². The molecule has 0 aliphatic rings. The molecule has 0 N–H and O–H groups in total. The summed E-state index contributed by atoms with van der Waals surface area (Å²) in [5, 5.41) is 13.3. The van der Waals surface area contributed by atoms with E-state index in [1.165, 1.54) is 115 Å². The molecule has 1 aromatic heterocycles. The van der Waals surface area contributed by atoms with Crippen molar-refractivity contribution in [1.29, 1.82) is 0 Å². The van der Waals surface area contributed by atoms with Gasteiger partial charge < -0.3 is 4.42 Å². The molecule has 0 amide bonds. The Labute approximate surface area is 447 Å². The molecule has 1 nitrogen and oxygen atoms in total. The van der Waals surface area contributed by atoms with E-state index in [4.69, 9.17) is 4.42 Å². The van der Waals surface area contributed by atoms with Crippen molar-refractivity contribution < 1.29 is 4.42 Å². The van der Waals surface area contributed by atoms with Gasteiger partial charge in [-0.2, -0.15) is 0 Å². The van der Waals surface area contributed by atoms with Crippen molar-refractivity contribution in [3.8, 4) is 89.2 Å². The zero-order chi connectivity index (χ0) is 50.8. The van der Waals surface area contributed by atoms with E-state index in [1.54, 1.807) is 0 Å². The van der Waals surface area contributed by atoms with Gasteiger partial charge >= 0.3 is 0 Å². The third kappa shape index (κ3) is 7.39. The van der Waals surface area contributed by atoms with Crippen LogP contribution in [0.2, 0.25) is 0 Å². The molecule has 0 atom stereocenters. The molecule has 358 valence electrons. The van der Waals surface area contributed by atoms with Crippen molar-refractivity contribution in [3.05, 3.63) is 291 Å². The lowest BCUT2D eigenvalue weighted by atomic mass is 9.83. The number of furan rings is 1. The predicted octanol–water partition coefficient (Wildman–Crippen LogP) is 21.5. The summed E-state index contributed by atoms with van der Waals surface area (Å²) in [5.74, 6) is 0.870. The van der Waals surface area contributed by atoms with Crippen LogP contribution in [0.3, 0.4) is 0 Å². The monoisotopic (exact) mass is 976 g/mol. The maximum atomic E-state index is 7.04. The maximum Gasteiger partial charge on any atom is 0.143 e. The quantitative estimate of drug-likeness (QED) is 0.138. The SMILES string of the molecule is c1ccc(-c2ccc3c(-c4c5ccccc5c(-c5cccc(-c6c(-c7ccc(-c8c9ccccc9c(-c9ccccc9)c9ccccc89)cc7)ccc7ccccc67)c5)c5ccccc45)c(-c4ccccc4)oc3c2)cc1. The van der Waals surface area contributed by atoms with Crippen LogP contribution < -0.4 is 0 Å². The first-order valence-electron chi connectivity index (χ1n) is 26.6. The maximum absolute atomic E-state index is 7.04. The molecule has 15 rings (SSSR count). The van der Waals surface area contributed by atoms with Crippen molar-refractivity contribution in [2.45, 2.75) is 0 Å². The molecule has 15 aromatic rings. The average Bonchev–Trinajstić information content (AvgIpc) is 3.99. The highest BCUT2D eigenvalue weighted by atomic mass is 16.3. The Hall–Kier alpha value is -10.1. The minimum Gasteiger partial charge on any atom is -0.455 e. The van der Waals surface area contributed by atoms with E-state index in [0.29, 0.717) is 0 Å². The average molecular weight is 977 g/mol. The summed E-state index contributed by atoms with van der Waals surface area (Å²) in [4.78, 5) is 0. The molecule has 0 saturated heterocycles. The fraction of sp³-hybridized carbons (Fsp3) is 0. The summed E-state index contributed by atoms with van der Waals surface area (Å²) in [7, 11) is 0. The van der Waals surface area contributed by atoms with Crippen LogP contribution in [0, 0.1) is 0 Å². The largest absolute Gasteiger partial charge is 0.455 e. The standard InChI is InChI=1S/C76H48O/c1-4-21-49(22-5-1)55-44-46-68-69(48-55)77-76(54-26-8-3-9-27-54)75(68)74-66-37-18-16-35-64(66)73(65-36-17-19-38-67(65)74)57-29-20-28-56(47-57)72-58-30-11-10-23-50(58)43-45-59(72)51-39-41-53(42-40-51)71-62-33-14-12-31-60(62)70(52-24-6-2-7-25-52)61-32-13-15-34-63(61)71/h1-48H. The summed E-state index contributed by atoms with van der Waals surface area (Å²) in [6.45, 7) is 0. The summed E-state index contributed by atoms with van der Waals surface area (Å²) < 4.78 is 7.04. The van der Waals surface area contributed by atoms with E-state index in [-0.39, 0.29) is 0 Å². The number of rotatable bonds is 8. The topological polar surface area (TPSA) is 13.1 Å². The van der Waals surface area contributed by atoms with Gasteiger partial charge in [0.25, 0.3) is 0 Å². The van der Waals surface area contributed by atoms with Gasteiger partial charge in [-0.3, -0.25) is 0 Å². The third-order valence-corrected chi connectivity index (χ3v) is 15.9. The lowest BCUT2D eigenvalue weighted by molar-refractivity contribution is 0.632. The van der Waals surface area contributed by atoms with Crippen LogP contribution in [0.5, 0.6) is 0 Å². The van der Waals surface area contributed by atoms with Gasteiger partial charge in [-0.25, -0.2) is 0 Å². The Kier molecular flexibility index (Phi) is 10.6. The Morgan fingerprint density at radius 3 is 1.12 bits per heavy atom. The van der Waals surface area contributed by atoms with Crippen molar-refractivity contribution in [2.24, 2.45) is 0 Å². The molecule has 1 heterocycles. The Bertz CT molecular complexity index is 4640. The van der Waals surface area contributed by atoms with Gasteiger partial charge in [0.2, 0.25) is 0 Å². The second-order valence-corrected chi connectivity index (χ2v) is 20.2. The minimum absolute atomic E-state index is 0.866. The minimum atomic E-state index is 0.866. The van der Waals surface area contributed by atoms with Crippen LogP contribution >= 0.6 is 0 Å². The fourth-order valence-corrected chi connectivity index (χ4v) is 12.5. The summed E-state index contributed by atoms with van der Waals surface area (Å²) in [5.41, 5.74) is 18.6. The van der Waals surface area contributed by atoms with E-state index in [9.17, 15) is 0 Å². The first-order valence-corrected chi connectivity index (χ1v) is 26.6. The van der Waals surface area contributed by atoms with E-state index >= 15 is 0 Å². The molecule has 0 bridgehead atoms. The number of benzene rings is 14. The highest BCUT2D eigenvalue weighted by Crippen LogP contribution is 2.51. The molecule has 14 aromatic carbocycles. The van der Waals surface area contributed by atoms with E-state index in [0.717, 1.165) is 39.0 Å². The zero-order valence-electron chi connectivity index (χ0n) is 42.1. The predicted molar refractivity (Wildman–Crippen MR) is 327 cm³/mol. The molecule has 1 heteroatoms. The Morgan fingerprint density at radius 1 is 0.182 bits per heavy atom. The summed E-state index contributed by atoms with van der Waals surface area (Å²) in [6, 6.07) is 106. The van der Waals surface area contributed by atoms with E-state index in [2.05, 4.69) is 291 Å². The summed E-state index contributed by atoms with van der Waals surface area (Å²) >= 11 is 0. The number of hydrogen-bond donors (Lipinski definition) is 0. The van der Waals surface area contributed by atoms with Crippen LogP contribution in [-0.2, 0) is 0 Å². The fourth-order valence-electron chi connectivity index (χ4n) is 12.5. The van der Waals surface area contributed by atoms with Gasteiger partial charge in [0, 0.05) is 22.1 Å². The van der Waals surface area contributed by atoms with Gasteiger partial charge in [0.15, 0.2) is 0 Å². The van der Waals surface area contributed by atoms with Crippen LogP contribution in [0.25, 0.3) is 154 Å². The first kappa shape index (κ1) is 44.4. The molecule has 0 aliphatic carbocycles. The summed E-state index contributed by atoms with van der Waals surface area (Å²) in [6.07, 6.45) is 0. The molecule has 0 aliphatic heterocycles. The molecule has 0 spiro atoms. The molecule has 0 unspecified atom stereocenters. The van der Waals surface area contributed by atoms with Crippen molar-refractivity contribution in [3.63, 3.8) is 0 Å². The second-order valence-electron chi connectivity index (χ2n) is 20.2. The van der Waals surface area contributed by atoms with Gasteiger partial charge in [0.05, 0.1) is 0 Å². The van der Waals surface area contributed by atoms with Crippen LogP contribution in [0.15, 0.2) is 296 Å².